The highest BCUT2D eigenvalue weighted by atomic mass is 79.9. The summed E-state index contributed by atoms with van der Waals surface area (Å²) in [5, 5.41) is 3.66. The molecule has 4 aromatic rings. The van der Waals surface area contributed by atoms with Gasteiger partial charge in [0.2, 0.25) is 8.27 Å². The second-order valence-corrected chi connectivity index (χ2v) is 12.0. The van der Waals surface area contributed by atoms with Crippen molar-refractivity contribution in [3.63, 3.8) is 0 Å². The molecule has 0 saturated carbocycles. The summed E-state index contributed by atoms with van der Waals surface area (Å²) < 4.78 is 32.7. The van der Waals surface area contributed by atoms with Gasteiger partial charge >= 0.3 is 0 Å². The monoisotopic (exact) mass is 582 g/mol. The largest absolute Gasteiger partial charge is 0.496 e. The summed E-state index contributed by atoms with van der Waals surface area (Å²) in [5.74, 6) is 0.614. The minimum absolute atomic E-state index is 0.205. The Bertz CT molecular complexity index is 1350. The smallest absolute Gasteiger partial charge is 0.238 e. The molecular weight excluding hydrogens is 572 g/mol. The van der Waals surface area contributed by atoms with Gasteiger partial charge in [0, 0.05) is 20.1 Å². The molecule has 0 amide bonds. The topological polar surface area (TPSA) is 43.4 Å². The van der Waals surface area contributed by atoms with Crippen LogP contribution in [0.4, 0.5) is 0 Å². The van der Waals surface area contributed by atoms with E-state index >= 15 is 0 Å². The average molecular weight is 585 g/mol. The molecule has 4 aromatic carbocycles. The van der Waals surface area contributed by atoms with Crippen LogP contribution < -0.4 is 4.74 Å². The van der Waals surface area contributed by atoms with Crippen LogP contribution in [0.5, 0.6) is 5.75 Å². The second-order valence-electron chi connectivity index (χ2n) is 6.25. The van der Waals surface area contributed by atoms with E-state index in [-0.39, 0.29) is 4.90 Å². The number of hydrogen-bond donors (Lipinski definition) is 0. The SMILES string of the molecule is COc1ccc2cc(Br)ccc2c1-c1c(S(=O)(=O)Br)ccc2cc(Br)ccc12. The fourth-order valence-electron chi connectivity index (χ4n) is 3.45. The van der Waals surface area contributed by atoms with Gasteiger partial charge in [-0.1, -0.05) is 56.1 Å². The van der Waals surface area contributed by atoms with Gasteiger partial charge in [-0.15, -0.1) is 0 Å². The predicted molar refractivity (Wildman–Crippen MR) is 125 cm³/mol. The van der Waals surface area contributed by atoms with Crippen LogP contribution in [-0.4, -0.2) is 15.5 Å². The summed E-state index contributed by atoms with van der Waals surface area (Å²) in [4.78, 5) is 0.205. The van der Waals surface area contributed by atoms with Crippen LogP contribution in [0.15, 0.2) is 74.5 Å². The van der Waals surface area contributed by atoms with Crippen molar-refractivity contribution >= 4 is 76.5 Å². The first-order valence-corrected chi connectivity index (χ1v) is 13.1. The van der Waals surface area contributed by atoms with Crippen LogP contribution in [0.1, 0.15) is 0 Å². The zero-order valence-corrected chi connectivity index (χ0v) is 20.1. The maximum Gasteiger partial charge on any atom is 0.238 e. The van der Waals surface area contributed by atoms with Gasteiger partial charge in [-0.05, 0) is 57.9 Å². The molecule has 28 heavy (non-hydrogen) atoms. The molecule has 0 aromatic heterocycles. The number of rotatable bonds is 3. The summed E-state index contributed by atoms with van der Waals surface area (Å²) >= 11 is 9.86. The molecule has 0 N–H and O–H groups in total. The maximum atomic E-state index is 12.6. The zero-order valence-electron chi connectivity index (χ0n) is 14.5. The van der Waals surface area contributed by atoms with E-state index < -0.39 is 8.27 Å². The highest BCUT2D eigenvalue weighted by molar-refractivity contribution is 9.47. The molecule has 0 aliphatic carbocycles. The van der Waals surface area contributed by atoms with Gasteiger partial charge in [0.05, 0.1) is 26.8 Å². The first-order valence-electron chi connectivity index (χ1n) is 8.23. The summed E-state index contributed by atoms with van der Waals surface area (Å²) in [7, 11) is -2.06. The minimum Gasteiger partial charge on any atom is -0.496 e. The molecule has 0 aliphatic heterocycles. The highest BCUT2D eigenvalue weighted by Gasteiger charge is 2.23. The summed E-state index contributed by atoms with van der Waals surface area (Å²) in [6.07, 6.45) is 0. The third-order valence-corrected chi connectivity index (χ3v) is 7.52. The quantitative estimate of drug-likeness (QED) is 0.238. The third-order valence-electron chi connectivity index (χ3n) is 4.62. The van der Waals surface area contributed by atoms with Crippen molar-refractivity contribution in [3.8, 4) is 16.9 Å². The number of halogens is 3. The molecule has 4 rings (SSSR count). The Morgan fingerprint density at radius 3 is 1.82 bits per heavy atom. The molecule has 0 atom stereocenters. The fraction of sp³-hybridized carbons (Fsp3) is 0.0476. The molecule has 0 unspecified atom stereocenters. The minimum atomic E-state index is -3.65. The van der Waals surface area contributed by atoms with Crippen molar-refractivity contribution in [2.45, 2.75) is 4.90 Å². The van der Waals surface area contributed by atoms with E-state index in [4.69, 9.17) is 4.74 Å². The average Bonchev–Trinajstić information content (AvgIpc) is 2.65. The van der Waals surface area contributed by atoms with E-state index in [1.165, 1.54) is 0 Å². The van der Waals surface area contributed by atoms with Crippen LogP contribution in [0.3, 0.4) is 0 Å². The highest BCUT2D eigenvalue weighted by Crippen LogP contribution is 2.45. The number of fused-ring (bicyclic) bond motifs is 2. The van der Waals surface area contributed by atoms with Gasteiger partial charge < -0.3 is 4.74 Å². The standard InChI is InChI=1S/C21H13Br3O3S/c1-27-18-8-2-12-10-14(22)4-6-16(12)20(18)21-17-7-5-15(23)11-13(17)3-9-19(21)28(24,25)26/h2-11H,1H3. The van der Waals surface area contributed by atoms with Crippen LogP contribution in [0, 0.1) is 0 Å². The van der Waals surface area contributed by atoms with Gasteiger partial charge in [0.25, 0.3) is 0 Å². The Morgan fingerprint density at radius 1 is 0.750 bits per heavy atom. The van der Waals surface area contributed by atoms with E-state index in [9.17, 15) is 8.42 Å². The van der Waals surface area contributed by atoms with Crippen molar-refractivity contribution in [1.29, 1.82) is 0 Å². The Hall–Kier alpha value is -1.41. The number of hydrogen-bond acceptors (Lipinski definition) is 3. The van der Waals surface area contributed by atoms with E-state index in [0.29, 0.717) is 11.3 Å². The first-order chi connectivity index (χ1) is 13.3. The molecule has 142 valence electrons. The molecule has 3 nitrogen and oxygen atoms in total. The molecule has 7 heteroatoms. The summed E-state index contributed by atoms with van der Waals surface area (Å²) in [6, 6.07) is 19.0. The van der Waals surface area contributed by atoms with Gasteiger partial charge in [0.1, 0.15) is 5.75 Å². The normalized spacial score (nSPS) is 11.9. The van der Waals surface area contributed by atoms with Crippen molar-refractivity contribution in [2.75, 3.05) is 7.11 Å². The Labute approximate surface area is 187 Å². The Kier molecular flexibility index (Phi) is 5.29. The van der Waals surface area contributed by atoms with Gasteiger partial charge in [0.15, 0.2) is 0 Å². The van der Waals surface area contributed by atoms with Crippen molar-refractivity contribution in [1.82, 2.24) is 0 Å². The molecule has 0 spiro atoms. The fourth-order valence-corrected chi connectivity index (χ4v) is 5.70. The number of methoxy groups -OCH3 is 1. The van der Waals surface area contributed by atoms with Crippen molar-refractivity contribution in [2.24, 2.45) is 0 Å². The molecule has 0 aliphatic rings. The van der Waals surface area contributed by atoms with Crippen LogP contribution in [-0.2, 0) is 8.27 Å². The van der Waals surface area contributed by atoms with E-state index in [1.807, 2.05) is 54.6 Å². The van der Waals surface area contributed by atoms with Crippen molar-refractivity contribution in [3.05, 3.63) is 69.6 Å². The summed E-state index contributed by atoms with van der Waals surface area (Å²) in [5.41, 5.74) is 1.37. The number of benzene rings is 4. The molecule has 0 bridgehead atoms. The second kappa shape index (κ2) is 7.44. The van der Waals surface area contributed by atoms with Crippen molar-refractivity contribution < 1.29 is 13.2 Å². The van der Waals surface area contributed by atoms with Gasteiger partial charge in [-0.25, -0.2) is 8.42 Å². The first kappa shape index (κ1) is 19.9. The maximum absolute atomic E-state index is 12.6. The van der Waals surface area contributed by atoms with E-state index in [1.54, 1.807) is 13.2 Å². The van der Waals surface area contributed by atoms with Gasteiger partial charge in [-0.3, -0.25) is 0 Å². The molecule has 0 saturated heterocycles. The molecule has 0 heterocycles. The lowest BCUT2D eigenvalue weighted by Gasteiger charge is -2.17. The molecule has 0 fully saturated rings. The Morgan fingerprint density at radius 2 is 1.29 bits per heavy atom. The van der Waals surface area contributed by atoms with Crippen LogP contribution in [0.2, 0.25) is 0 Å². The lowest BCUT2D eigenvalue weighted by atomic mass is 9.93. The van der Waals surface area contributed by atoms with E-state index in [0.717, 1.165) is 36.1 Å². The zero-order chi connectivity index (χ0) is 20.1. The Balaban J connectivity index is 2.26. The number of ether oxygens (including phenoxy) is 1. The van der Waals surface area contributed by atoms with Crippen LogP contribution in [0.25, 0.3) is 32.7 Å². The molecular formula is C21H13Br3O3S. The molecule has 0 radical (unpaired) electrons. The van der Waals surface area contributed by atoms with E-state index in [2.05, 4.69) is 46.7 Å². The third kappa shape index (κ3) is 3.49. The summed E-state index contributed by atoms with van der Waals surface area (Å²) in [6.45, 7) is 0. The lowest BCUT2D eigenvalue weighted by molar-refractivity contribution is 0.417. The predicted octanol–water partition coefficient (Wildman–Crippen LogP) is 7.28. The lowest BCUT2D eigenvalue weighted by Crippen LogP contribution is -1.98. The van der Waals surface area contributed by atoms with Gasteiger partial charge in [-0.2, -0.15) is 0 Å². The van der Waals surface area contributed by atoms with Crippen LogP contribution >= 0.6 is 46.7 Å².